The topological polar surface area (TPSA) is 29.1 Å². The molecule has 0 saturated carbocycles. The van der Waals surface area contributed by atoms with E-state index in [0.29, 0.717) is 21.2 Å². The highest BCUT2D eigenvalue weighted by molar-refractivity contribution is 6.33. The number of amides is 1. The molecule has 0 spiro atoms. The molecule has 0 aliphatic heterocycles. The monoisotopic (exact) mass is 311 g/mol. The first kappa shape index (κ1) is 14.8. The van der Waals surface area contributed by atoms with Gasteiger partial charge in [-0.15, -0.1) is 0 Å². The summed E-state index contributed by atoms with van der Waals surface area (Å²) >= 11 is 11.8. The quantitative estimate of drug-likeness (QED) is 0.889. The van der Waals surface area contributed by atoms with Crippen LogP contribution in [0.25, 0.3) is 0 Å². The summed E-state index contributed by atoms with van der Waals surface area (Å²) in [6.45, 7) is -0.159. The molecule has 104 valence electrons. The summed E-state index contributed by atoms with van der Waals surface area (Å²) in [5, 5.41) is 3.18. The molecular weight excluding hydrogens is 300 g/mol. The lowest BCUT2D eigenvalue weighted by Crippen LogP contribution is -2.27. The maximum absolute atomic E-state index is 14.0. The number of carbonyl (C=O) groups excluding carboxylic acids is 1. The highest BCUT2D eigenvalue weighted by Gasteiger charge is 2.16. The zero-order valence-corrected chi connectivity index (χ0v) is 12.0. The smallest absolute Gasteiger partial charge is 0.252 e. The van der Waals surface area contributed by atoms with Crippen LogP contribution in [0, 0.1) is 0 Å². The maximum atomic E-state index is 14.0. The van der Waals surface area contributed by atoms with Gasteiger partial charge in [-0.25, -0.2) is 4.39 Å². The average molecular weight is 312 g/mol. The minimum Gasteiger partial charge on any atom is -0.349 e. The van der Waals surface area contributed by atoms with Gasteiger partial charge >= 0.3 is 0 Å². The van der Waals surface area contributed by atoms with Crippen molar-refractivity contribution in [3.05, 3.63) is 69.7 Å². The summed E-state index contributed by atoms with van der Waals surface area (Å²) in [5.41, 5.74) is 0.675. The number of rotatable bonds is 4. The third kappa shape index (κ3) is 3.50. The molecule has 1 atom stereocenters. The Morgan fingerprint density at radius 2 is 1.65 bits per heavy atom. The fraction of sp³-hybridized carbons (Fsp3) is 0.133. The standard InChI is InChI=1S/C15H12Cl2FNO/c16-12-7-3-1-5-10(12)14(18)9-19-15(20)11-6-2-4-8-13(11)17/h1-8,14H,9H2,(H,19,20)/t14-/m0/s1. The molecule has 2 aromatic carbocycles. The molecule has 0 radical (unpaired) electrons. The van der Waals surface area contributed by atoms with Crippen molar-refractivity contribution in [3.8, 4) is 0 Å². The van der Waals surface area contributed by atoms with E-state index >= 15 is 0 Å². The highest BCUT2D eigenvalue weighted by atomic mass is 35.5. The second kappa shape index (κ2) is 6.73. The zero-order chi connectivity index (χ0) is 14.5. The fourth-order valence-electron chi connectivity index (χ4n) is 1.76. The molecule has 1 amide bonds. The summed E-state index contributed by atoms with van der Waals surface area (Å²) in [6, 6.07) is 13.2. The number of nitrogens with one attached hydrogen (secondary N) is 1. The molecular formula is C15H12Cl2FNO. The van der Waals surface area contributed by atoms with Gasteiger partial charge in [0.25, 0.3) is 5.91 Å². The van der Waals surface area contributed by atoms with Crippen molar-refractivity contribution in [2.24, 2.45) is 0 Å². The number of benzene rings is 2. The number of hydrogen-bond donors (Lipinski definition) is 1. The van der Waals surface area contributed by atoms with E-state index in [9.17, 15) is 9.18 Å². The third-order valence-electron chi connectivity index (χ3n) is 2.80. The average Bonchev–Trinajstić information content (AvgIpc) is 2.45. The summed E-state index contributed by atoms with van der Waals surface area (Å²) in [4.78, 5) is 11.9. The molecule has 0 bridgehead atoms. The number of carbonyl (C=O) groups is 1. The molecule has 0 unspecified atom stereocenters. The molecule has 0 aliphatic rings. The van der Waals surface area contributed by atoms with Gasteiger partial charge in [0.2, 0.25) is 0 Å². The second-order valence-corrected chi connectivity index (χ2v) is 4.99. The minimum absolute atomic E-state index is 0.159. The van der Waals surface area contributed by atoms with Crippen LogP contribution in [-0.2, 0) is 0 Å². The van der Waals surface area contributed by atoms with Gasteiger partial charge in [0.1, 0.15) is 6.17 Å². The SMILES string of the molecule is O=C(NC[C@H](F)c1ccccc1Cl)c1ccccc1Cl. The van der Waals surface area contributed by atoms with Crippen LogP contribution >= 0.6 is 23.2 Å². The van der Waals surface area contributed by atoms with Crippen molar-refractivity contribution >= 4 is 29.1 Å². The zero-order valence-electron chi connectivity index (χ0n) is 10.4. The van der Waals surface area contributed by atoms with Gasteiger partial charge in [0, 0.05) is 10.6 Å². The summed E-state index contributed by atoms with van der Waals surface area (Å²) in [7, 11) is 0. The highest BCUT2D eigenvalue weighted by Crippen LogP contribution is 2.25. The summed E-state index contributed by atoms with van der Waals surface area (Å²) < 4.78 is 14.0. The van der Waals surface area contributed by atoms with E-state index < -0.39 is 12.1 Å². The van der Waals surface area contributed by atoms with Crippen LogP contribution in [0.5, 0.6) is 0 Å². The largest absolute Gasteiger partial charge is 0.349 e. The Kier molecular flexibility index (Phi) is 4.99. The van der Waals surface area contributed by atoms with Gasteiger partial charge in [0.05, 0.1) is 17.1 Å². The number of hydrogen-bond acceptors (Lipinski definition) is 1. The Labute approximate surface area is 126 Å². The van der Waals surface area contributed by atoms with Crippen molar-refractivity contribution in [3.63, 3.8) is 0 Å². The van der Waals surface area contributed by atoms with E-state index in [2.05, 4.69) is 5.32 Å². The molecule has 0 fully saturated rings. The van der Waals surface area contributed by atoms with Gasteiger partial charge < -0.3 is 5.32 Å². The molecule has 0 aliphatic carbocycles. The van der Waals surface area contributed by atoms with Crippen LogP contribution < -0.4 is 5.32 Å². The molecule has 0 saturated heterocycles. The molecule has 2 aromatic rings. The normalized spacial score (nSPS) is 11.9. The van der Waals surface area contributed by atoms with Crippen molar-refractivity contribution in [1.29, 1.82) is 0 Å². The van der Waals surface area contributed by atoms with Crippen LogP contribution in [0.15, 0.2) is 48.5 Å². The van der Waals surface area contributed by atoms with Gasteiger partial charge in [-0.05, 0) is 18.2 Å². The lowest BCUT2D eigenvalue weighted by atomic mass is 10.1. The Morgan fingerprint density at radius 3 is 2.30 bits per heavy atom. The Morgan fingerprint density at radius 1 is 1.05 bits per heavy atom. The molecule has 0 heterocycles. The minimum atomic E-state index is -1.37. The van der Waals surface area contributed by atoms with Crippen molar-refractivity contribution in [1.82, 2.24) is 5.32 Å². The van der Waals surface area contributed by atoms with E-state index in [4.69, 9.17) is 23.2 Å². The number of halogens is 3. The van der Waals surface area contributed by atoms with Gasteiger partial charge in [-0.3, -0.25) is 4.79 Å². The molecule has 5 heteroatoms. The number of alkyl halides is 1. The summed E-state index contributed by atoms with van der Waals surface area (Å²) in [5.74, 6) is -0.412. The van der Waals surface area contributed by atoms with Crippen LogP contribution in [0.1, 0.15) is 22.1 Å². The second-order valence-electron chi connectivity index (χ2n) is 4.18. The van der Waals surface area contributed by atoms with Crippen molar-refractivity contribution in [2.45, 2.75) is 6.17 Å². The molecule has 1 N–H and O–H groups in total. The lowest BCUT2D eigenvalue weighted by Gasteiger charge is -2.12. The third-order valence-corrected chi connectivity index (χ3v) is 3.48. The molecule has 2 rings (SSSR count). The van der Waals surface area contributed by atoms with E-state index in [0.717, 1.165) is 0 Å². The first-order chi connectivity index (χ1) is 9.59. The Hall–Kier alpha value is -1.58. The summed E-state index contributed by atoms with van der Waals surface area (Å²) in [6.07, 6.45) is -1.37. The molecule has 0 aromatic heterocycles. The maximum Gasteiger partial charge on any atom is 0.252 e. The predicted molar refractivity (Wildman–Crippen MR) is 79.1 cm³/mol. The Bertz CT molecular complexity index is 618. The molecule has 2 nitrogen and oxygen atoms in total. The first-order valence-electron chi connectivity index (χ1n) is 6.01. The van der Waals surface area contributed by atoms with Crippen molar-refractivity contribution < 1.29 is 9.18 Å². The van der Waals surface area contributed by atoms with Crippen LogP contribution in [0.4, 0.5) is 4.39 Å². The predicted octanol–water partition coefficient (Wildman–Crippen LogP) is 4.43. The van der Waals surface area contributed by atoms with E-state index in [1.54, 1.807) is 48.5 Å². The lowest BCUT2D eigenvalue weighted by molar-refractivity contribution is 0.0942. The van der Waals surface area contributed by atoms with Gasteiger partial charge in [-0.1, -0.05) is 53.5 Å². The first-order valence-corrected chi connectivity index (χ1v) is 6.76. The van der Waals surface area contributed by atoms with Gasteiger partial charge in [-0.2, -0.15) is 0 Å². The van der Waals surface area contributed by atoms with Crippen LogP contribution in [-0.4, -0.2) is 12.5 Å². The van der Waals surface area contributed by atoms with E-state index in [1.165, 1.54) is 0 Å². The van der Waals surface area contributed by atoms with Crippen LogP contribution in [0.3, 0.4) is 0 Å². The molecule has 20 heavy (non-hydrogen) atoms. The van der Waals surface area contributed by atoms with E-state index in [-0.39, 0.29) is 6.54 Å². The van der Waals surface area contributed by atoms with Gasteiger partial charge in [0.15, 0.2) is 0 Å². The van der Waals surface area contributed by atoms with Crippen molar-refractivity contribution in [2.75, 3.05) is 6.54 Å². The van der Waals surface area contributed by atoms with Crippen LogP contribution in [0.2, 0.25) is 10.0 Å². The van der Waals surface area contributed by atoms with E-state index in [1.807, 2.05) is 0 Å². The Balaban J connectivity index is 2.01. The fourth-order valence-corrected chi connectivity index (χ4v) is 2.24.